The first-order chi connectivity index (χ1) is 24.6. The summed E-state index contributed by atoms with van der Waals surface area (Å²) >= 11 is 0. The van der Waals surface area contributed by atoms with Gasteiger partial charge in [-0.25, -0.2) is 4.57 Å². The zero-order valence-electron chi connectivity index (χ0n) is 32.8. The largest absolute Gasteiger partial charge is 0.419 e. The third-order valence-electron chi connectivity index (χ3n) is 10.2. The highest BCUT2D eigenvalue weighted by atomic mass is 31.1. The van der Waals surface area contributed by atoms with Gasteiger partial charge in [0.1, 0.15) is 11.5 Å². The molecular formula is C48H51O3P. The Morgan fingerprint density at radius 1 is 0.346 bits per heavy atom. The van der Waals surface area contributed by atoms with Crippen LogP contribution >= 0.6 is 8.25 Å². The van der Waals surface area contributed by atoms with Crippen molar-refractivity contribution in [1.82, 2.24) is 0 Å². The lowest BCUT2D eigenvalue weighted by atomic mass is 9.85. The van der Waals surface area contributed by atoms with Crippen molar-refractivity contribution in [2.24, 2.45) is 0 Å². The standard InChI is InChI=1S/C48H51O3P/c1-27-19-31(5)43(32(6)20-27)39-15-13-17-41(47(39)45-35(9)23-29(3)24-36(45)10)50-52(49)51-42-18-14-16-40(44-33(7)21-28(2)22-34(44)8)48(42)46-37(11)25-30(4)26-38(46)12/h13-26,52H,1-12H3. The lowest BCUT2D eigenvalue weighted by Gasteiger charge is -2.23. The molecule has 6 aromatic carbocycles. The highest BCUT2D eigenvalue weighted by Gasteiger charge is 2.24. The Bertz CT molecular complexity index is 2140. The Hall–Kier alpha value is -4.85. The third kappa shape index (κ3) is 7.12. The number of hydrogen-bond acceptors (Lipinski definition) is 3. The molecule has 0 spiro atoms. The maximum Gasteiger partial charge on any atom is 0.419 e. The molecule has 0 saturated heterocycles. The van der Waals surface area contributed by atoms with Crippen LogP contribution in [-0.2, 0) is 4.57 Å². The van der Waals surface area contributed by atoms with E-state index in [1.807, 2.05) is 24.3 Å². The van der Waals surface area contributed by atoms with Gasteiger partial charge in [-0.15, -0.1) is 0 Å². The van der Waals surface area contributed by atoms with Gasteiger partial charge in [0, 0.05) is 11.1 Å². The zero-order chi connectivity index (χ0) is 37.6. The van der Waals surface area contributed by atoms with Gasteiger partial charge in [0.2, 0.25) is 0 Å². The molecule has 0 radical (unpaired) electrons. The van der Waals surface area contributed by atoms with Crippen LogP contribution in [0.1, 0.15) is 66.8 Å². The van der Waals surface area contributed by atoms with Crippen LogP contribution in [0.2, 0.25) is 0 Å². The van der Waals surface area contributed by atoms with Crippen molar-refractivity contribution in [1.29, 1.82) is 0 Å². The maximum absolute atomic E-state index is 14.4. The monoisotopic (exact) mass is 706 g/mol. The quantitative estimate of drug-likeness (QED) is 0.148. The van der Waals surface area contributed by atoms with Crippen molar-refractivity contribution in [3.05, 3.63) is 152 Å². The molecule has 0 bridgehead atoms. The second kappa shape index (κ2) is 14.6. The second-order valence-electron chi connectivity index (χ2n) is 14.9. The van der Waals surface area contributed by atoms with E-state index in [1.165, 1.54) is 44.5 Å². The first-order valence-electron chi connectivity index (χ1n) is 18.1. The summed E-state index contributed by atoms with van der Waals surface area (Å²) in [4.78, 5) is 0. The molecule has 0 unspecified atom stereocenters. The van der Waals surface area contributed by atoms with Gasteiger partial charge in [-0.1, -0.05) is 95.1 Å². The van der Waals surface area contributed by atoms with E-state index in [1.54, 1.807) is 0 Å². The molecule has 4 heteroatoms. The van der Waals surface area contributed by atoms with Crippen LogP contribution in [0.3, 0.4) is 0 Å². The summed E-state index contributed by atoms with van der Waals surface area (Å²) in [6.45, 7) is 25.7. The normalized spacial score (nSPS) is 11.3. The summed E-state index contributed by atoms with van der Waals surface area (Å²) in [5, 5.41) is 0. The fourth-order valence-electron chi connectivity index (χ4n) is 8.72. The van der Waals surface area contributed by atoms with Gasteiger partial charge in [0.15, 0.2) is 0 Å². The fourth-order valence-corrected chi connectivity index (χ4v) is 9.46. The first kappa shape index (κ1) is 36.9. The average Bonchev–Trinajstić information content (AvgIpc) is 3.01. The molecular weight excluding hydrogens is 655 g/mol. The molecule has 0 atom stereocenters. The van der Waals surface area contributed by atoms with E-state index < -0.39 is 8.25 Å². The highest BCUT2D eigenvalue weighted by Crippen LogP contribution is 2.50. The van der Waals surface area contributed by atoms with Crippen LogP contribution in [0.5, 0.6) is 11.5 Å². The van der Waals surface area contributed by atoms with Crippen LogP contribution in [0.25, 0.3) is 44.5 Å². The van der Waals surface area contributed by atoms with Crippen LogP contribution < -0.4 is 9.05 Å². The van der Waals surface area contributed by atoms with E-state index in [4.69, 9.17) is 9.05 Å². The second-order valence-corrected chi connectivity index (χ2v) is 15.8. The third-order valence-corrected chi connectivity index (χ3v) is 11.0. The summed E-state index contributed by atoms with van der Waals surface area (Å²) in [7, 11) is -3.12. The predicted molar refractivity (Wildman–Crippen MR) is 222 cm³/mol. The molecule has 6 rings (SSSR count). The Labute approximate surface area is 311 Å². The minimum atomic E-state index is -3.12. The summed E-state index contributed by atoms with van der Waals surface area (Å²) < 4.78 is 27.4. The molecule has 3 nitrogen and oxygen atoms in total. The van der Waals surface area contributed by atoms with Gasteiger partial charge in [-0.05, 0) is 173 Å². The minimum Gasteiger partial charge on any atom is -0.417 e. The molecule has 0 aromatic heterocycles. The molecule has 0 fully saturated rings. The molecule has 0 aliphatic heterocycles. The lowest BCUT2D eigenvalue weighted by Crippen LogP contribution is -2.01. The SMILES string of the molecule is Cc1cc(C)c(-c2cccc(O[PH](=O)Oc3cccc(-c4c(C)cc(C)cc4C)c3-c3c(C)cc(C)cc3C)c2-c2c(C)cc(C)cc2C)c(C)c1. The van der Waals surface area contributed by atoms with Crippen molar-refractivity contribution in [3.63, 3.8) is 0 Å². The number of hydrogen-bond donors (Lipinski definition) is 0. The van der Waals surface area contributed by atoms with Crippen LogP contribution in [0, 0.1) is 83.1 Å². The van der Waals surface area contributed by atoms with E-state index in [2.05, 4.69) is 144 Å². The van der Waals surface area contributed by atoms with Gasteiger partial charge in [0.25, 0.3) is 0 Å². The molecule has 0 heterocycles. The summed E-state index contributed by atoms with van der Waals surface area (Å²) in [5.41, 5.74) is 22.6. The molecule has 0 N–H and O–H groups in total. The molecule has 266 valence electrons. The minimum absolute atomic E-state index is 0.543. The Morgan fingerprint density at radius 2 is 0.596 bits per heavy atom. The van der Waals surface area contributed by atoms with E-state index in [0.717, 1.165) is 66.8 Å². The van der Waals surface area contributed by atoms with Gasteiger partial charge in [-0.2, -0.15) is 0 Å². The molecule has 52 heavy (non-hydrogen) atoms. The smallest absolute Gasteiger partial charge is 0.417 e. The summed E-state index contributed by atoms with van der Waals surface area (Å²) in [6, 6.07) is 29.9. The molecule has 0 amide bonds. The van der Waals surface area contributed by atoms with Crippen molar-refractivity contribution >= 4 is 8.25 Å². The zero-order valence-corrected chi connectivity index (χ0v) is 33.8. The van der Waals surface area contributed by atoms with Crippen molar-refractivity contribution in [3.8, 4) is 56.0 Å². The van der Waals surface area contributed by atoms with E-state index in [-0.39, 0.29) is 0 Å². The van der Waals surface area contributed by atoms with Gasteiger partial charge in [0.05, 0.1) is 0 Å². The van der Waals surface area contributed by atoms with Crippen LogP contribution in [-0.4, -0.2) is 0 Å². The first-order valence-corrected chi connectivity index (χ1v) is 19.4. The Balaban J connectivity index is 1.53. The molecule has 6 aromatic rings. The van der Waals surface area contributed by atoms with Crippen molar-refractivity contribution in [2.75, 3.05) is 0 Å². The lowest BCUT2D eigenvalue weighted by molar-refractivity contribution is 0.417. The average molecular weight is 707 g/mol. The number of benzene rings is 6. The molecule has 0 aliphatic rings. The van der Waals surface area contributed by atoms with Crippen LogP contribution in [0.4, 0.5) is 0 Å². The predicted octanol–water partition coefficient (Wildman–Crippen LogP) is 13.9. The number of aryl methyl sites for hydroxylation is 12. The Morgan fingerprint density at radius 3 is 0.865 bits per heavy atom. The van der Waals surface area contributed by atoms with Crippen molar-refractivity contribution < 1.29 is 13.6 Å². The van der Waals surface area contributed by atoms with E-state index in [9.17, 15) is 4.57 Å². The summed E-state index contributed by atoms with van der Waals surface area (Å²) in [6.07, 6.45) is 0. The van der Waals surface area contributed by atoms with E-state index >= 15 is 0 Å². The van der Waals surface area contributed by atoms with Crippen LogP contribution in [0.15, 0.2) is 84.9 Å². The summed E-state index contributed by atoms with van der Waals surface area (Å²) in [5.74, 6) is 1.09. The van der Waals surface area contributed by atoms with Gasteiger partial charge < -0.3 is 9.05 Å². The molecule has 0 aliphatic carbocycles. The maximum atomic E-state index is 14.4. The highest BCUT2D eigenvalue weighted by molar-refractivity contribution is 7.34. The topological polar surface area (TPSA) is 35.5 Å². The van der Waals surface area contributed by atoms with Gasteiger partial charge in [-0.3, -0.25) is 0 Å². The van der Waals surface area contributed by atoms with E-state index in [0.29, 0.717) is 11.5 Å². The number of rotatable bonds is 8. The fraction of sp³-hybridized carbons (Fsp3) is 0.250. The van der Waals surface area contributed by atoms with Gasteiger partial charge >= 0.3 is 8.25 Å². The van der Waals surface area contributed by atoms with Crippen molar-refractivity contribution in [2.45, 2.75) is 83.1 Å². The Kier molecular flexibility index (Phi) is 10.4. The molecule has 0 saturated carbocycles.